The van der Waals surface area contributed by atoms with Crippen LogP contribution in [-0.2, 0) is 26.2 Å². The zero-order valence-corrected chi connectivity index (χ0v) is 23.6. The van der Waals surface area contributed by atoms with E-state index in [2.05, 4.69) is 21.2 Å². The number of amides is 2. The van der Waals surface area contributed by atoms with Gasteiger partial charge in [-0.05, 0) is 54.8 Å². The second-order valence-corrected chi connectivity index (χ2v) is 11.9. The number of anilines is 1. The van der Waals surface area contributed by atoms with E-state index >= 15 is 0 Å². The molecule has 0 aromatic heterocycles. The molecule has 0 aliphatic carbocycles. The lowest BCUT2D eigenvalue weighted by molar-refractivity contribution is -0.139. The maximum absolute atomic E-state index is 13.8. The normalized spacial score (nSPS) is 12.1. The number of rotatable bonds is 11. The zero-order valence-electron chi connectivity index (χ0n) is 21.2. The Morgan fingerprint density at radius 3 is 2.00 bits per heavy atom. The second kappa shape index (κ2) is 12.9. The van der Waals surface area contributed by atoms with Gasteiger partial charge in [0.1, 0.15) is 12.6 Å². The van der Waals surface area contributed by atoms with Gasteiger partial charge in [-0.25, -0.2) is 8.42 Å². The van der Waals surface area contributed by atoms with E-state index in [0.29, 0.717) is 12.2 Å². The monoisotopic (exact) mass is 585 g/mol. The summed E-state index contributed by atoms with van der Waals surface area (Å²) in [6.45, 7) is 5.81. The van der Waals surface area contributed by atoms with Crippen LogP contribution in [0.5, 0.6) is 0 Å². The molecule has 37 heavy (non-hydrogen) atoms. The summed E-state index contributed by atoms with van der Waals surface area (Å²) in [6.07, 6.45) is 0. The van der Waals surface area contributed by atoms with Crippen LogP contribution < -0.4 is 9.62 Å². The van der Waals surface area contributed by atoms with E-state index in [4.69, 9.17) is 0 Å². The quantitative estimate of drug-likeness (QED) is 0.349. The van der Waals surface area contributed by atoms with Crippen molar-refractivity contribution in [3.05, 3.63) is 95.0 Å². The molecule has 0 saturated carbocycles. The van der Waals surface area contributed by atoms with Crippen molar-refractivity contribution in [2.45, 2.75) is 38.3 Å². The average Bonchev–Trinajstić information content (AvgIpc) is 2.90. The molecule has 0 radical (unpaired) electrons. The number of carbonyl (C=O) groups is 2. The summed E-state index contributed by atoms with van der Waals surface area (Å²) in [4.78, 5) is 28.2. The predicted octanol–water partition coefficient (Wildman–Crippen LogP) is 4.83. The molecule has 0 fully saturated rings. The first-order chi connectivity index (χ1) is 17.6. The van der Waals surface area contributed by atoms with Gasteiger partial charge in [-0.1, -0.05) is 78.3 Å². The van der Waals surface area contributed by atoms with Crippen molar-refractivity contribution in [2.24, 2.45) is 5.92 Å². The van der Waals surface area contributed by atoms with E-state index in [-0.39, 0.29) is 23.3 Å². The van der Waals surface area contributed by atoms with Crippen molar-refractivity contribution in [2.75, 3.05) is 17.4 Å². The van der Waals surface area contributed by atoms with Gasteiger partial charge in [0.25, 0.3) is 10.0 Å². The minimum Gasteiger partial charge on any atom is -0.354 e. The molecule has 1 atom stereocenters. The molecule has 0 bridgehead atoms. The third-order valence-electron chi connectivity index (χ3n) is 5.77. The standard InChI is InChI=1S/C28H32BrN3O4S/c1-21(2)18-30-28(34)22(3)31(19-23-10-6-4-7-11-23)27(33)20-32(25-16-14-24(29)15-17-25)37(35,36)26-12-8-5-9-13-26/h4-17,21-22H,18-20H2,1-3H3,(H,30,34). The number of hydrogen-bond acceptors (Lipinski definition) is 4. The van der Waals surface area contributed by atoms with Crippen LogP contribution in [0.15, 0.2) is 94.3 Å². The van der Waals surface area contributed by atoms with Gasteiger partial charge >= 0.3 is 0 Å². The molecule has 196 valence electrons. The summed E-state index contributed by atoms with van der Waals surface area (Å²) in [5.74, 6) is -0.532. The van der Waals surface area contributed by atoms with Crippen LogP contribution in [-0.4, -0.2) is 44.3 Å². The zero-order chi connectivity index (χ0) is 27.0. The molecule has 2 amide bonds. The number of halogens is 1. The first-order valence-electron chi connectivity index (χ1n) is 12.0. The molecule has 1 unspecified atom stereocenters. The summed E-state index contributed by atoms with van der Waals surface area (Å²) in [6, 6.07) is 23.2. The van der Waals surface area contributed by atoms with E-state index in [0.717, 1.165) is 14.3 Å². The van der Waals surface area contributed by atoms with Crippen LogP contribution in [0.1, 0.15) is 26.3 Å². The van der Waals surface area contributed by atoms with E-state index in [1.165, 1.54) is 17.0 Å². The van der Waals surface area contributed by atoms with Gasteiger partial charge in [0.2, 0.25) is 11.8 Å². The fraction of sp³-hybridized carbons (Fsp3) is 0.286. The Morgan fingerprint density at radius 1 is 0.865 bits per heavy atom. The highest BCUT2D eigenvalue weighted by Crippen LogP contribution is 2.26. The van der Waals surface area contributed by atoms with Crippen LogP contribution in [0.25, 0.3) is 0 Å². The Bertz CT molecular complexity index is 1280. The van der Waals surface area contributed by atoms with Gasteiger partial charge < -0.3 is 10.2 Å². The van der Waals surface area contributed by atoms with Crippen molar-refractivity contribution in [3.8, 4) is 0 Å². The van der Waals surface area contributed by atoms with Gasteiger partial charge in [0, 0.05) is 17.6 Å². The molecule has 0 heterocycles. The van der Waals surface area contributed by atoms with Gasteiger partial charge in [0.05, 0.1) is 10.6 Å². The van der Waals surface area contributed by atoms with E-state index < -0.39 is 28.5 Å². The maximum atomic E-state index is 13.8. The highest BCUT2D eigenvalue weighted by Gasteiger charge is 2.32. The molecule has 0 spiro atoms. The first kappa shape index (κ1) is 28.4. The third kappa shape index (κ3) is 7.66. The summed E-state index contributed by atoms with van der Waals surface area (Å²) < 4.78 is 29.2. The van der Waals surface area contributed by atoms with Crippen molar-refractivity contribution in [1.82, 2.24) is 10.2 Å². The number of sulfonamides is 1. The van der Waals surface area contributed by atoms with Gasteiger partial charge in [-0.2, -0.15) is 0 Å². The summed E-state index contributed by atoms with van der Waals surface area (Å²) in [5.41, 5.74) is 1.18. The number of hydrogen-bond donors (Lipinski definition) is 1. The average molecular weight is 587 g/mol. The Hall–Kier alpha value is -3.17. The minimum absolute atomic E-state index is 0.0723. The number of nitrogens with one attached hydrogen (secondary N) is 1. The molecular formula is C28H32BrN3O4S. The van der Waals surface area contributed by atoms with Crippen molar-refractivity contribution >= 4 is 43.5 Å². The Labute approximate surface area is 227 Å². The lowest BCUT2D eigenvalue weighted by atomic mass is 10.1. The predicted molar refractivity (Wildman–Crippen MR) is 149 cm³/mol. The molecular weight excluding hydrogens is 554 g/mol. The number of benzene rings is 3. The molecule has 7 nitrogen and oxygen atoms in total. The maximum Gasteiger partial charge on any atom is 0.264 e. The largest absolute Gasteiger partial charge is 0.354 e. The third-order valence-corrected chi connectivity index (χ3v) is 8.09. The number of nitrogens with zero attached hydrogens (tertiary/aromatic N) is 2. The van der Waals surface area contributed by atoms with E-state index in [1.54, 1.807) is 49.4 Å². The Kier molecular flexibility index (Phi) is 9.88. The molecule has 3 aromatic rings. The van der Waals surface area contributed by atoms with E-state index in [9.17, 15) is 18.0 Å². The van der Waals surface area contributed by atoms with Crippen molar-refractivity contribution in [3.63, 3.8) is 0 Å². The highest BCUT2D eigenvalue weighted by molar-refractivity contribution is 9.10. The van der Waals surface area contributed by atoms with Gasteiger partial charge in [-0.15, -0.1) is 0 Å². The van der Waals surface area contributed by atoms with Crippen molar-refractivity contribution in [1.29, 1.82) is 0 Å². The SMILES string of the molecule is CC(C)CNC(=O)C(C)N(Cc1ccccc1)C(=O)CN(c1ccc(Br)cc1)S(=O)(=O)c1ccccc1. The summed E-state index contributed by atoms with van der Waals surface area (Å²) in [5, 5.41) is 2.88. The molecule has 0 aliphatic heterocycles. The van der Waals surface area contributed by atoms with Crippen LogP contribution in [0.4, 0.5) is 5.69 Å². The molecule has 0 saturated heterocycles. The summed E-state index contributed by atoms with van der Waals surface area (Å²) >= 11 is 3.37. The molecule has 0 aliphatic rings. The van der Waals surface area contributed by atoms with Gasteiger partial charge in [0.15, 0.2) is 0 Å². The smallest absolute Gasteiger partial charge is 0.264 e. The van der Waals surface area contributed by atoms with Crippen LogP contribution in [0.3, 0.4) is 0 Å². The van der Waals surface area contributed by atoms with Crippen LogP contribution in [0, 0.1) is 5.92 Å². The lowest BCUT2D eigenvalue weighted by Gasteiger charge is -2.32. The Morgan fingerprint density at radius 2 is 1.43 bits per heavy atom. The molecule has 3 aromatic carbocycles. The highest BCUT2D eigenvalue weighted by atomic mass is 79.9. The fourth-order valence-electron chi connectivity index (χ4n) is 3.67. The Balaban J connectivity index is 1.97. The minimum atomic E-state index is -4.07. The van der Waals surface area contributed by atoms with Crippen molar-refractivity contribution < 1.29 is 18.0 Å². The van der Waals surface area contributed by atoms with Crippen LogP contribution >= 0.6 is 15.9 Å². The summed E-state index contributed by atoms with van der Waals surface area (Å²) in [7, 11) is -4.07. The molecule has 3 rings (SSSR count). The lowest BCUT2D eigenvalue weighted by Crippen LogP contribution is -2.51. The second-order valence-electron chi connectivity index (χ2n) is 9.12. The topological polar surface area (TPSA) is 86.8 Å². The molecule has 9 heteroatoms. The first-order valence-corrected chi connectivity index (χ1v) is 14.3. The molecule has 1 N–H and O–H groups in total. The van der Waals surface area contributed by atoms with E-state index in [1.807, 2.05) is 44.2 Å². The van der Waals surface area contributed by atoms with Gasteiger partial charge in [-0.3, -0.25) is 13.9 Å². The fourth-order valence-corrected chi connectivity index (χ4v) is 5.37. The number of carbonyl (C=O) groups excluding carboxylic acids is 2. The van der Waals surface area contributed by atoms with Crippen LogP contribution in [0.2, 0.25) is 0 Å².